The lowest BCUT2D eigenvalue weighted by Gasteiger charge is -2.14. The molecule has 9 heteroatoms. The number of halogens is 4. The first-order valence-electron chi connectivity index (χ1n) is 9.26. The van der Waals surface area contributed by atoms with E-state index < -0.39 is 11.7 Å². The van der Waals surface area contributed by atoms with Crippen molar-refractivity contribution < 1.29 is 18.0 Å². The van der Waals surface area contributed by atoms with Gasteiger partial charge in [-0.1, -0.05) is 25.0 Å². The van der Waals surface area contributed by atoms with Crippen LogP contribution in [0, 0.1) is 5.92 Å². The molecule has 0 bridgehead atoms. The zero-order valence-electron chi connectivity index (χ0n) is 15.9. The van der Waals surface area contributed by atoms with Gasteiger partial charge in [-0.2, -0.15) is 13.2 Å². The highest BCUT2D eigenvalue weighted by molar-refractivity contribution is 14.0. The van der Waals surface area contributed by atoms with E-state index in [0.29, 0.717) is 37.9 Å². The van der Waals surface area contributed by atoms with Gasteiger partial charge in [0.15, 0.2) is 5.96 Å². The summed E-state index contributed by atoms with van der Waals surface area (Å²) in [6, 6.07) is 5.00. The smallest absolute Gasteiger partial charge is 0.355 e. The number of benzene rings is 1. The van der Waals surface area contributed by atoms with E-state index in [4.69, 9.17) is 0 Å². The average molecular weight is 512 g/mol. The lowest BCUT2D eigenvalue weighted by Crippen LogP contribution is -2.41. The summed E-state index contributed by atoms with van der Waals surface area (Å²) in [7, 11) is 1.61. The molecule has 1 amide bonds. The lowest BCUT2D eigenvalue weighted by atomic mass is 10.0. The third kappa shape index (κ3) is 8.66. The molecule has 1 aromatic rings. The Morgan fingerprint density at radius 2 is 1.68 bits per heavy atom. The molecule has 0 saturated heterocycles. The summed E-state index contributed by atoms with van der Waals surface area (Å²) in [5, 5.41) is 9.00. The van der Waals surface area contributed by atoms with Crippen LogP contribution in [0.15, 0.2) is 29.3 Å². The summed E-state index contributed by atoms with van der Waals surface area (Å²) in [4.78, 5) is 15.9. The van der Waals surface area contributed by atoms with E-state index in [1.54, 1.807) is 7.05 Å². The van der Waals surface area contributed by atoms with Gasteiger partial charge >= 0.3 is 6.18 Å². The minimum absolute atomic E-state index is 0. The molecule has 5 nitrogen and oxygen atoms in total. The van der Waals surface area contributed by atoms with Gasteiger partial charge in [-0.15, -0.1) is 24.0 Å². The molecule has 158 valence electrons. The second-order valence-electron chi connectivity index (χ2n) is 6.75. The summed E-state index contributed by atoms with van der Waals surface area (Å²) in [6.45, 7) is 1.36. The lowest BCUT2D eigenvalue weighted by molar-refractivity contribution is -0.137. The molecule has 0 spiro atoms. The second-order valence-corrected chi connectivity index (χ2v) is 6.75. The minimum Gasteiger partial charge on any atom is -0.355 e. The predicted octanol–water partition coefficient (Wildman–Crippen LogP) is 3.68. The maximum Gasteiger partial charge on any atom is 0.416 e. The van der Waals surface area contributed by atoms with E-state index in [1.165, 1.54) is 25.0 Å². The number of alkyl halides is 3. The fourth-order valence-corrected chi connectivity index (χ4v) is 3.15. The van der Waals surface area contributed by atoms with Gasteiger partial charge in [-0.25, -0.2) is 0 Å². The number of hydrogen-bond donors (Lipinski definition) is 3. The number of nitrogens with one attached hydrogen (secondary N) is 3. The quantitative estimate of drug-likeness (QED) is 0.226. The number of amides is 1. The zero-order chi connectivity index (χ0) is 19.7. The number of aliphatic imine (C=N–C) groups is 1. The van der Waals surface area contributed by atoms with Crippen LogP contribution < -0.4 is 16.0 Å². The summed E-state index contributed by atoms with van der Waals surface area (Å²) >= 11 is 0. The summed E-state index contributed by atoms with van der Waals surface area (Å²) < 4.78 is 37.7. The highest BCUT2D eigenvalue weighted by Crippen LogP contribution is 2.29. The highest BCUT2D eigenvalue weighted by atomic mass is 127. The third-order valence-corrected chi connectivity index (χ3v) is 4.65. The molecule has 3 N–H and O–H groups in total. The van der Waals surface area contributed by atoms with E-state index in [1.807, 2.05) is 0 Å². The van der Waals surface area contributed by atoms with Crippen molar-refractivity contribution in [2.75, 3.05) is 20.1 Å². The monoisotopic (exact) mass is 512 g/mol. The van der Waals surface area contributed by atoms with E-state index >= 15 is 0 Å². The number of guanidine groups is 1. The van der Waals surface area contributed by atoms with Gasteiger partial charge in [-0.3, -0.25) is 9.79 Å². The van der Waals surface area contributed by atoms with Crippen molar-refractivity contribution in [2.45, 2.75) is 44.8 Å². The maximum atomic E-state index is 12.6. The van der Waals surface area contributed by atoms with Crippen LogP contribution in [0.2, 0.25) is 0 Å². The van der Waals surface area contributed by atoms with E-state index in [2.05, 4.69) is 20.9 Å². The topological polar surface area (TPSA) is 65.5 Å². The number of rotatable bonds is 7. The Balaban J connectivity index is 0.00000392. The first-order chi connectivity index (χ1) is 12.9. The molecule has 1 aliphatic rings. The Hall–Kier alpha value is -1.52. The summed E-state index contributed by atoms with van der Waals surface area (Å²) in [5.41, 5.74) is 0.0536. The Bertz CT molecular complexity index is 629. The summed E-state index contributed by atoms with van der Waals surface area (Å²) in [5.74, 6) is 1.13. The number of hydrogen-bond acceptors (Lipinski definition) is 2. The summed E-state index contributed by atoms with van der Waals surface area (Å²) in [6.07, 6.45) is 1.01. The van der Waals surface area contributed by atoms with Gasteiger partial charge in [0.05, 0.1) is 5.56 Å². The molecule has 1 saturated carbocycles. The molecule has 0 aliphatic heterocycles. The van der Waals surface area contributed by atoms with Crippen molar-refractivity contribution in [3.8, 4) is 0 Å². The predicted molar refractivity (Wildman–Crippen MR) is 115 cm³/mol. The van der Waals surface area contributed by atoms with Gasteiger partial charge in [0.2, 0.25) is 5.91 Å². The molecular weight excluding hydrogens is 484 g/mol. The Labute approximate surface area is 181 Å². The van der Waals surface area contributed by atoms with Gasteiger partial charge in [-0.05, 0) is 36.5 Å². The average Bonchev–Trinajstić information content (AvgIpc) is 3.13. The number of carbonyl (C=O) groups excluding carboxylic acids is 1. The molecular formula is C19H28F3IN4O. The van der Waals surface area contributed by atoms with Crippen LogP contribution in [0.25, 0.3) is 0 Å². The first-order valence-corrected chi connectivity index (χ1v) is 9.26. The van der Waals surface area contributed by atoms with Crippen molar-refractivity contribution >= 4 is 35.8 Å². The van der Waals surface area contributed by atoms with Gasteiger partial charge < -0.3 is 16.0 Å². The fourth-order valence-electron chi connectivity index (χ4n) is 3.15. The third-order valence-electron chi connectivity index (χ3n) is 4.65. The molecule has 0 radical (unpaired) electrons. The van der Waals surface area contributed by atoms with Crippen LogP contribution in [0.3, 0.4) is 0 Å². The van der Waals surface area contributed by atoms with Crippen LogP contribution in [0.5, 0.6) is 0 Å². The molecule has 2 rings (SSSR count). The Morgan fingerprint density at radius 3 is 2.25 bits per heavy atom. The standard InChI is InChI=1S/C19H27F3N4O.HI/c1-23-18(25-11-10-24-17(27)12-14-4-2-3-5-14)26-13-15-6-8-16(9-7-15)19(20,21)22;/h6-9,14H,2-5,10-13H2,1H3,(H,24,27)(H2,23,25,26);1H. The van der Waals surface area contributed by atoms with Crippen molar-refractivity contribution in [3.05, 3.63) is 35.4 Å². The second kappa shape index (κ2) is 12.1. The van der Waals surface area contributed by atoms with Gasteiger partial charge in [0.1, 0.15) is 0 Å². The molecule has 0 heterocycles. The largest absolute Gasteiger partial charge is 0.416 e. The fraction of sp³-hybridized carbons (Fsp3) is 0.579. The normalized spacial score (nSPS) is 15.1. The SMILES string of the molecule is CN=C(NCCNC(=O)CC1CCCC1)NCc1ccc(C(F)(F)F)cc1.I. The van der Waals surface area contributed by atoms with Crippen molar-refractivity contribution in [1.82, 2.24) is 16.0 Å². The molecule has 1 aliphatic carbocycles. The highest BCUT2D eigenvalue weighted by Gasteiger charge is 2.29. The minimum atomic E-state index is -4.33. The Morgan fingerprint density at radius 1 is 1.07 bits per heavy atom. The molecule has 1 fully saturated rings. The molecule has 28 heavy (non-hydrogen) atoms. The molecule has 0 atom stereocenters. The van der Waals surface area contributed by atoms with Gasteiger partial charge in [0, 0.05) is 33.1 Å². The Kier molecular flexibility index (Phi) is 10.6. The van der Waals surface area contributed by atoms with Crippen molar-refractivity contribution in [2.24, 2.45) is 10.9 Å². The van der Waals surface area contributed by atoms with Crippen LogP contribution >= 0.6 is 24.0 Å². The zero-order valence-corrected chi connectivity index (χ0v) is 18.3. The van der Waals surface area contributed by atoms with Crippen LogP contribution in [-0.2, 0) is 17.5 Å². The first kappa shape index (κ1) is 24.5. The van der Waals surface area contributed by atoms with Crippen LogP contribution in [-0.4, -0.2) is 32.0 Å². The molecule has 1 aromatic carbocycles. The van der Waals surface area contributed by atoms with Crippen molar-refractivity contribution in [3.63, 3.8) is 0 Å². The molecule has 0 unspecified atom stereocenters. The number of carbonyl (C=O) groups is 1. The van der Waals surface area contributed by atoms with Gasteiger partial charge in [0.25, 0.3) is 0 Å². The van der Waals surface area contributed by atoms with E-state index in [0.717, 1.165) is 30.5 Å². The van der Waals surface area contributed by atoms with Crippen LogP contribution in [0.4, 0.5) is 13.2 Å². The number of nitrogens with zero attached hydrogens (tertiary/aromatic N) is 1. The maximum absolute atomic E-state index is 12.6. The van der Waals surface area contributed by atoms with E-state index in [-0.39, 0.29) is 29.9 Å². The van der Waals surface area contributed by atoms with Crippen LogP contribution in [0.1, 0.15) is 43.2 Å². The molecule has 0 aromatic heterocycles. The van der Waals surface area contributed by atoms with E-state index in [9.17, 15) is 18.0 Å². The van der Waals surface area contributed by atoms with Crippen molar-refractivity contribution in [1.29, 1.82) is 0 Å².